The summed E-state index contributed by atoms with van der Waals surface area (Å²) in [6.07, 6.45) is -0.0285. The van der Waals surface area contributed by atoms with E-state index in [1.54, 1.807) is 0 Å². The molecule has 0 heterocycles. The molecular formula is C6H7Cl7. The van der Waals surface area contributed by atoms with E-state index in [-0.39, 0.29) is 12.3 Å². The van der Waals surface area contributed by atoms with Gasteiger partial charge in [-0.2, -0.15) is 0 Å². The van der Waals surface area contributed by atoms with Crippen LogP contribution in [-0.4, -0.2) is 18.9 Å². The summed E-state index contributed by atoms with van der Waals surface area (Å²) >= 11 is 40.2. The molecule has 0 rings (SSSR count). The van der Waals surface area contributed by atoms with Crippen molar-refractivity contribution in [2.45, 2.75) is 26.3 Å². The van der Waals surface area contributed by atoms with Crippen molar-refractivity contribution in [1.29, 1.82) is 0 Å². The standard InChI is InChI=1S/C6H7Cl7/c1-4(8,9)6(12,13)2-5(10,11)3-7/h2-3H2,1H3. The molecule has 0 aliphatic carbocycles. The van der Waals surface area contributed by atoms with E-state index in [4.69, 9.17) is 81.2 Å². The zero-order chi connectivity index (χ0) is 10.9. The Kier molecular flexibility index (Phi) is 5.67. The van der Waals surface area contributed by atoms with E-state index in [9.17, 15) is 0 Å². The van der Waals surface area contributed by atoms with Gasteiger partial charge in [-0.25, -0.2) is 0 Å². The molecule has 0 unspecified atom stereocenters. The monoisotopic (exact) mass is 324 g/mol. The molecule has 0 aromatic heterocycles. The van der Waals surface area contributed by atoms with Crippen LogP contribution in [0, 0.1) is 0 Å². The quantitative estimate of drug-likeness (QED) is 0.626. The van der Waals surface area contributed by atoms with E-state index in [0.29, 0.717) is 0 Å². The third kappa shape index (κ3) is 5.06. The van der Waals surface area contributed by atoms with Crippen molar-refractivity contribution in [3.05, 3.63) is 0 Å². The average molecular weight is 327 g/mol. The molecule has 0 saturated carbocycles. The van der Waals surface area contributed by atoms with Crippen LogP contribution < -0.4 is 0 Å². The Morgan fingerprint density at radius 3 is 1.54 bits per heavy atom. The summed E-state index contributed by atoms with van der Waals surface area (Å²) in [6, 6.07) is 0. The van der Waals surface area contributed by atoms with Gasteiger partial charge in [-0.3, -0.25) is 0 Å². The molecule has 0 aliphatic rings. The summed E-state index contributed by atoms with van der Waals surface area (Å²) in [4.78, 5) is 0. The fourth-order valence-corrected chi connectivity index (χ4v) is 1.89. The van der Waals surface area contributed by atoms with Crippen molar-refractivity contribution in [3.8, 4) is 0 Å². The summed E-state index contributed by atoms with van der Waals surface area (Å²) < 4.78 is -4.04. The predicted molar refractivity (Wildman–Crippen MR) is 64.3 cm³/mol. The number of hydrogen-bond donors (Lipinski definition) is 0. The lowest BCUT2D eigenvalue weighted by atomic mass is 10.2. The molecular weight excluding hydrogens is 320 g/mol. The van der Waals surface area contributed by atoms with Gasteiger partial charge < -0.3 is 0 Å². The van der Waals surface area contributed by atoms with Crippen molar-refractivity contribution < 1.29 is 0 Å². The van der Waals surface area contributed by atoms with E-state index in [1.807, 2.05) is 0 Å². The third-order valence-corrected chi connectivity index (χ3v) is 4.64. The largest absolute Gasteiger partial charge is 0.153 e. The van der Waals surface area contributed by atoms with Crippen molar-refractivity contribution in [2.24, 2.45) is 0 Å². The second-order valence-corrected chi connectivity index (χ2v) is 7.86. The Hall–Kier alpha value is 2.03. The fourth-order valence-electron chi connectivity index (χ4n) is 0.527. The second kappa shape index (κ2) is 4.91. The van der Waals surface area contributed by atoms with Crippen LogP contribution >= 0.6 is 81.2 Å². The van der Waals surface area contributed by atoms with Crippen LogP contribution in [0.15, 0.2) is 0 Å². The maximum absolute atomic E-state index is 5.85. The molecule has 80 valence electrons. The van der Waals surface area contributed by atoms with Gasteiger partial charge in [-0.15, -0.1) is 34.8 Å². The van der Waals surface area contributed by atoms with Gasteiger partial charge >= 0.3 is 0 Å². The molecule has 0 aromatic rings. The lowest BCUT2D eigenvalue weighted by Crippen LogP contribution is -2.39. The van der Waals surface area contributed by atoms with Crippen LogP contribution in [0.5, 0.6) is 0 Å². The van der Waals surface area contributed by atoms with Gasteiger partial charge in [0.2, 0.25) is 0 Å². The maximum atomic E-state index is 5.85. The lowest BCUT2D eigenvalue weighted by Gasteiger charge is -2.33. The van der Waals surface area contributed by atoms with Gasteiger partial charge in [0.25, 0.3) is 0 Å². The first-order valence-corrected chi connectivity index (χ1v) is 6.01. The van der Waals surface area contributed by atoms with Crippen molar-refractivity contribution in [2.75, 3.05) is 5.88 Å². The third-order valence-electron chi connectivity index (χ3n) is 1.32. The minimum atomic E-state index is -1.45. The lowest BCUT2D eigenvalue weighted by molar-refractivity contribution is 0.607. The van der Waals surface area contributed by atoms with Crippen molar-refractivity contribution in [1.82, 2.24) is 0 Å². The van der Waals surface area contributed by atoms with Crippen LogP contribution in [-0.2, 0) is 0 Å². The Balaban J connectivity index is 4.52. The zero-order valence-electron chi connectivity index (χ0n) is 6.56. The van der Waals surface area contributed by atoms with Gasteiger partial charge in [-0.05, 0) is 6.92 Å². The molecule has 0 N–H and O–H groups in total. The molecule has 0 fully saturated rings. The van der Waals surface area contributed by atoms with Gasteiger partial charge in [0.1, 0.15) is 8.67 Å². The molecule has 7 heteroatoms. The molecule has 13 heavy (non-hydrogen) atoms. The smallest absolute Gasteiger partial charge is 0.123 e. The minimum absolute atomic E-state index is 0.0127. The maximum Gasteiger partial charge on any atom is 0.153 e. The topological polar surface area (TPSA) is 0 Å². The first-order valence-electron chi connectivity index (χ1n) is 3.21. The molecule has 0 aromatic carbocycles. The van der Waals surface area contributed by atoms with E-state index in [2.05, 4.69) is 0 Å². The van der Waals surface area contributed by atoms with Crippen LogP contribution in [0.4, 0.5) is 0 Å². The second-order valence-electron chi connectivity index (χ2n) is 2.76. The summed E-state index contributed by atoms with van der Waals surface area (Å²) in [7, 11) is 0. The number of rotatable bonds is 4. The van der Waals surface area contributed by atoms with E-state index in [1.165, 1.54) is 6.92 Å². The molecule has 0 spiro atoms. The highest BCUT2D eigenvalue weighted by atomic mass is 35.5. The Morgan fingerprint density at radius 2 is 1.31 bits per heavy atom. The molecule has 0 amide bonds. The van der Waals surface area contributed by atoms with Crippen LogP contribution in [0.3, 0.4) is 0 Å². The highest BCUT2D eigenvalue weighted by molar-refractivity contribution is 6.63. The highest BCUT2D eigenvalue weighted by Crippen LogP contribution is 2.49. The average Bonchev–Trinajstić information content (AvgIpc) is 1.83. The Labute approximate surface area is 113 Å². The fraction of sp³-hybridized carbons (Fsp3) is 1.00. The summed E-state index contributed by atoms with van der Waals surface area (Å²) in [6.45, 7) is 1.45. The van der Waals surface area contributed by atoms with E-state index >= 15 is 0 Å². The number of hydrogen-bond acceptors (Lipinski definition) is 0. The molecule has 0 bridgehead atoms. The summed E-state index contributed by atoms with van der Waals surface area (Å²) in [5, 5.41) is 0. The van der Waals surface area contributed by atoms with Crippen molar-refractivity contribution in [3.63, 3.8) is 0 Å². The van der Waals surface area contributed by atoms with Crippen LogP contribution in [0.1, 0.15) is 13.3 Å². The Bertz CT molecular complexity index is 168. The van der Waals surface area contributed by atoms with Crippen LogP contribution in [0.25, 0.3) is 0 Å². The minimum Gasteiger partial charge on any atom is -0.123 e. The number of alkyl halides is 7. The first-order chi connectivity index (χ1) is 5.52. The highest BCUT2D eigenvalue weighted by Gasteiger charge is 2.48. The SMILES string of the molecule is CC(Cl)(Cl)C(Cl)(Cl)CC(Cl)(Cl)CCl. The normalized spacial score (nSPS) is 14.8. The molecule has 0 radical (unpaired) electrons. The van der Waals surface area contributed by atoms with E-state index < -0.39 is 13.0 Å². The van der Waals surface area contributed by atoms with E-state index in [0.717, 1.165) is 0 Å². The molecule has 0 nitrogen and oxygen atoms in total. The van der Waals surface area contributed by atoms with Crippen LogP contribution in [0.2, 0.25) is 0 Å². The van der Waals surface area contributed by atoms with Gasteiger partial charge in [0.15, 0.2) is 4.33 Å². The zero-order valence-corrected chi connectivity index (χ0v) is 11.9. The van der Waals surface area contributed by atoms with Crippen molar-refractivity contribution >= 4 is 81.2 Å². The van der Waals surface area contributed by atoms with Gasteiger partial charge in [-0.1, -0.05) is 46.4 Å². The summed E-state index contributed by atoms with van der Waals surface area (Å²) in [5.41, 5.74) is 0. The van der Waals surface area contributed by atoms with Gasteiger partial charge in [0, 0.05) is 6.42 Å². The summed E-state index contributed by atoms with van der Waals surface area (Å²) in [5.74, 6) is -0.0127. The molecule has 0 atom stereocenters. The van der Waals surface area contributed by atoms with Gasteiger partial charge in [0.05, 0.1) is 5.88 Å². The Morgan fingerprint density at radius 1 is 0.923 bits per heavy atom. The predicted octanol–water partition coefficient (Wildman–Crippen LogP) is 5.16. The molecule has 0 saturated heterocycles. The molecule has 0 aliphatic heterocycles. The number of halogens is 7. The first kappa shape index (κ1) is 15.0.